The topological polar surface area (TPSA) is 9.23 Å². The van der Waals surface area contributed by atoms with Gasteiger partial charge in [0, 0.05) is 5.56 Å². The second-order valence-electron chi connectivity index (χ2n) is 6.49. The van der Waals surface area contributed by atoms with Crippen LogP contribution in [-0.2, 0) is 5.41 Å². The van der Waals surface area contributed by atoms with E-state index in [1.807, 2.05) is 6.07 Å². The van der Waals surface area contributed by atoms with E-state index in [0.29, 0.717) is 0 Å². The van der Waals surface area contributed by atoms with Crippen molar-refractivity contribution in [2.24, 2.45) is 0 Å². The van der Waals surface area contributed by atoms with Crippen LogP contribution in [-0.4, -0.2) is 6.10 Å². The highest BCUT2D eigenvalue weighted by molar-refractivity contribution is 5.71. The lowest BCUT2D eigenvalue weighted by molar-refractivity contribution is 0.243. The Labute approximate surface area is 122 Å². The molecule has 0 N–H and O–H groups in total. The summed E-state index contributed by atoms with van der Waals surface area (Å²) in [5.74, 6) is 0.958. The fraction of sp³-hybridized carbons (Fsp3) is 0.368. The lowest BCUT2D eigenvalue weighted by Crippen LogP contribution is -2.12. The molecule has 0 atom stereocenters. The van der Waals surface area contributed by atoms with Crippen LogP contribution in [0.5, 0.6) is 5.75 Å². The zero-order valence-corrected chi connectivity index (χ0v) is 13.1. The molecule has 1 heteroatoms. The molecule has 2 aromatic carbocycles. The molecule has 0 saturated heterocycles. The van der Waals surface area contributed by atoms with Gasteiger partial charge in [-0.1, -0.05) is 57.2 Å². The van der Waals surface area contributed by atoms with E-state index in [0.717, 1.165) is 5.75 Å². The second-order valence-corrected chi connectivity index (χ2v) is 6.49. The molecular weight excluding hydrogens is 244 g/mol. The van der Waals surface area contributed by atoms with Crippen LogP contribution in [0.3, 0.4) is 0 Å². The van der Waals surface area contributed by atoms with Crippen molar-refractivity contribution in [1.82, 2.24) is 0 Å². The van der Waals surface area contributed by atoms with Crippen molar-refractivity contribution in [2.45, 2.75) is 46.1 Å². The zero-order chi connectivity index (χ0) is 14.8. The average Bonchev–Trinajstić information content (AvgIpc) is 2.38. The van der Waals surface area contributed by atoms with Crippen molar-refractivity contribution in [2.75, 3.05) is 0 Å². The van der Waals surface area contributed by atoms with Crippen molar-refractivity contribution in [1.29, 1.82) is 0 Å². The Bertz CT molecular complexity index is 562. The number of hydrogen-bond acceptors (Lipinski definition) is 1. The standard InChI is InChI=1S/C19H24O/c1-14(2)20-18-12-11-16(19(3,4)5)13-17(18)15-9-7-6-8-10-15/h6-14H,1-5H3. The van der Waals surface area contributed by atoms with Crippen LogP contribution in [0.1, 0.15) is 40.2 Å². The predicted molar refractivity (Wildman–Crippen MR) is 86.3 cm³/mol. The quantitative estimate of drug-likeness (QED) is 0.720. The number of benzene rings is 2. The van der Waals surface area contributed by atoms with Gasteiger partial charge in [-0.3, -0.25) is 0 Å². The highest BCUT2D eigenvalue weighted by atomic mass is 16.5. The van der Waals surface area contributed by atoms with Crippen molar-refractivity contribution < 1.29 is 4.74 Å². The molecule has 0 amide bonds. The van der Waals surface area contributed by atoms with Crippen molar-refractivity contribution in [3.8, 4) is 16.9 Å². The molecule has 0 aliphatic carbocycles. The predicted octanol–water partition coefficient (Wildman–Crippen LogP) is 5.44. The molecule has 2 aromatic rings. The summed E-state index contributed by atoms with van der Waals surface area (Å²) in [5.41, 5.74) is 3.84. The first-order chi connectivity index (χ1) is 9.38. The first kappa shape index (κ1) is 14.6. The van der Waals surface area contributed by atoms with E-state index in [9.17, 15) is 0 Å². The highest BCUT2D eigenvalue weighted by Crippen LogP contribution is 2.35. The van der Waals surface area contributed by atoms with Crippen molar-refractivity contribution in [3.63, 3.8) is 0 Å². The monoisotopic (exact) mass is 268 g/mol. The smallest absolute Gasteiger partial charge is 0.127 e. The normalized spacial score (nSPS) is 11.7. The van der Waals surface area contributed by atoms with E-state index in [4.69, 9.17) is 4.74 Å². The van der Waals surface area contributed by atoms with Gasteiger partial charge >= 0.3 is 0 Å². The van der Waals surface area contributed by atoms with E-state index in [-0.39, 0.29) is 11.5 Å². The summed E-state index contributed by atoms with van der Waals surface area (Å²) in [6.45, 7) is 10.8. The molecule has 0 aliphatic rings. The average molecular weight is 268 g/mol. The molecule has 0 aliphatic heterocycles. The van der Waals surface area contributed by atoms with Crippen LogP contribution >= 0.6 is 0 Å². The Kier molecular flexibility index (Phi) is 4.17. The summed E-state index contributed by atoms with van der Waals surface area (Å²) in [6, 6.07) is 17.0. The largest absolute Gasteiger partial charge is 0.490 e. The van der Waals surface area contributed by atoms with E-state index >= 15 is 0 Å². The van der Waals surface area contributed by atoms with Crippen LogP contribution in [0.4, 0.5) is 0 Å². The molecule has 106 valence electrons. The first-order valence-electron chi connectivity index (χ1n) is 7.24. The van der Waals surface area contributed by atoms with Gasteiger partial charge in [-0.25, -0.2) is 0 Å². The van der Waals surface area contributed by atoms with Crippen LogP contribution in [0.15, 0.2) is 48.5 Å². The van der Waals surface area contributed by atoms with Crippen molar-refractivity contribution >= 4 is 0 Å². The van der Waals surface area contributed by atoms with Gasteiger partial charge in [-0.05, 0) is 42.5 Å². The molecule has 2 rings (SSSR count). The molecule has 0 aromatic heterocycles. The molecule has 0 fully saturated rings. The minimum Gasteiger partial charge on any atom is -0.490 e. The summed E-state index contributed by atoms with van der Waals surface area (Å²) in [5, 5.41) is 0. The van der Waals surface area contributed by atoms with Gasteiger partial charge in [0.25, 0.3) is 0 Å². The fourth-order valence-electron chi connectivity index (χ4n) is 2.20. The summed E-state index contributed by atoms with van der Waals surface area (Å²) >= 11 is 0. The Morgan fingerprint density at radius 1 is 0.900 bits per heavy atom. The van der Waals surface area contributed by atoms with Crippen LogP contribution in [0.2, 0.25) is 0 Å². The molecule has 1 nitrogen and oxygen atoms in total. The van der Waals surface area contributed by atoms with E-state index in [1.165, 1.54) is 16.7 Å². The van der Waals surface area contributed by atoms with Gasteiger partial charge in [0.1, 0.15) is 5.75 Å². The molecule has 0 radical (unpaired) electrons. The highest BCUT2D eigenvalue weighted by Gasteiger charge is 2.17. The Balaban J connectivity index is 2.54. The number of rotatable bonds is 3. The van der Waals surface area contributed by atoms with Crippen LogP contribution in [0.25, 0.3) is 11.1 Å². The number of ether oxygens (including phenoxy) is 1. The second kappa shape index (κ2) is 5.70. The maximum absolute atomic E-state index is 5.97. The summed E-state index contributed by atoms with van der Waals surface area (Å²) < 4.78 is 5.97. The van der Waals surface area contributed by atoms with E-state index in [1.54, 1.807) is 0 Å². The summed E-state index contributed by atoms with van der Waals surface area (Å²) in [7, 11) is 0. The molecule has 20 heavy (non-hydrogen) atoms. The number of hydrogen-bond donors (Lipinski definition) is 0. The molecule has 0 unspecified atom stereocenters. The zero-order valence-electron chi connectivity index (χ0n) is 13.1. The minimum absolute atomic E-state index is 0.139. The lowest BCUT2D eigenvalue weighted by Gasteiger charge is -2.22. The van der Waals surface area contributed by atoms with Gasteiger partial charge in [-0.2, -0.15) is 0 Å². The third-order valence-corrected chi connectivity index (χ3v) is 3.29. The lowest BCUT2D eigenvalue weighted by atomic mass is 9.85. The maximum atomic E-state index is 5.97. The van der Waals surface area contributed by atoms with E-state index in [2.05, 4.69) is 77.1 Å². The SMILES string of the molecule is CC(C)Oc1ccc(C(C)(C)C)cc1-c1ccccc1. The molecule has 0 spiro atoms. The Morgan fingerprint density at radius 3 is 2.10 bits per heavy atom. The Morgan fingerprint density at radius 2 is 1.55 bits per heavy atom. The van der Waals surface area contributed by atoms with Crippen molar-refractivity contribution in [3.05, 3.63) is 54.1 Å². The van der Waals surface area contributed by atoms with Crippen LogP contribution in [0, 0.1) is 0 Å². The summed E-state index contributed by atoms with van der Waals surface area (Å²) in [4.78, 5) is 0. The first-order valence-corrected chi connectivity index (χ1v) is 7.24. The van der Waals surface area contributed by atoms with Gasteiger partial charge < -0.3 is 4.74 Å². The molecule has 0 saturated carbocycles. The fourth-order valence-corrected chi connectivity index (χ4v) is 2.20. The van der Waals surface area contributed by atoms with Crippen LogP contribution < -0.4 is 4.74 Å². The third kappa shape index (κ3) is 3.41. The minimum atomic E-state index is 0.139. The third-order valence-electron chi connectivity index (χ3n) is 3.29. The van der Waals surface area contributed by atoms with Gasteiger partial charge in [0.2, 0.25) is 0 Å². The molecule has 0 heterocycles. The van der Waals surface area contributed by atoms with Gasteiger partial charge in [-0.15, -0.1) is 0 Å². The maximum Gasteiger partial charge on any atom is 0.127 e. The molecule has 0 bridgehead atoms. The summed E-state index contributed by atoms with van der Waals surface area (Å²) in [6.07, 6.45) is 0.179. The Hall–Kier alpha value is -1.76. The van der Waals surface area contributed by atoms with Gasteiger partial charge in [0.15, 0.2) is 0 Å². The van der Waals surface area contributed by atoms with Gasteiger partial charge in [0.05, 0.1) is 6.10 Å². The van der Waals surface area contributed by atoms with E-state index < -0.39 is 0 Å². The molecular formula is C19H24O.